The molecule has 1 rings (SSSR count). The summed E-state index contributed by atoms with van der Waals surface area (Å²) < 4.78 is 30.1. The van der Waals surface area contributed by atoms with Crippen LogP contribution in [0.5, 0.6) is 0 Å². The van der Waals surface area contributed by atoms with Crippen LogP contribution in [0.25, 0.3) is 0 Å². The Morgan fingerprint density at radius 3 is 2.64 bits per heavy atom. The van der Waals surface area contributed by atoms with Crippen LogP contribution < -0.4 is 10.4 Å². The number of likely N-dealkylation sites (N-methyl/N-ethyl adjacent to an activating group) is 1. The summed E-state index contributed by atoms with van der Waals surface area (Å²) in [6.45, 7) is 7.33. The van der Waals surface area contributed by atoms with Crippen molar-refractivity contribution in [1.82, 2.24) is 15.3 Å². The highest BCUT2D eigenvalue weighted by Gasteiger charge is 2.36. The van der Waals surface area contributed by atoms with Crippen LogP contribution in [0.4, 0.5) is 4.39 Å². The van der Waals surface area contributed by atoms with Crippen molar-refractivity contribution < 1.29 is 32.8 Å². The molecule has 0 aromatic heterocycles. The molecular formula is C17H29FN3O6P. The number of hydrogen-bond donors (Lipinski definition) is 2. The largest absolute Gasteiger partial charge is 0.462 e. The molecule has 1 fully saturated rings. The minimum atomic E-state index is -1.09. The summed E-state index contributed by atoms with van der Waals surface area (Å²) in [7, 11) is 1.15. The lowest BCUT2D eigenvalue weighted by Crippen LogP contribution is -2.35. The maximum absolute atomic E-state index is 13.7. The van der Waals surface area contributed by atoms with E-state index in [1.54, 1.807) is 20.8 Å². The van der Waals surface area contributed by atoms with E-state index in [0.717, 1.165) is 11.1 Å². The third kappa shape index (κ3) is 7.79. The van der Waals surface area contributed by atoms with Gasteiger partial charge in [-0.3, -0.25) is 24.4 Å². The molecule has 0 aliphatic carbocycles. The van der Waals surface area contributed by atoms with E-state index < -0.39 is 24.0 Å². The number of carbonyl (C=O) groups excluding carboxylic acids is 3. The van der Waals surface area contributed by atoms with Crippen LogP contribution in [0, 0.1) is 5.92 Å². The number of ether oxygens (including phenoxy) is 2. The molecule has 1 aliphatic heterocycles. The van der Waals surface area contributed by atoms with Gasteiger partial charge in [0.1, 0.15) is 12.3 Å². The monoisotopic (exact) mass is 421 g/mol. The van der Waals surface area contributed by atoms with Gasteiger partial charge in [-0.15, -0.1) is 0 Å². The van der Waals surface area contributed by atoms with Gasteiger partial charge in [0.15, 0.2) is 0 Å². The number of esters is 1. The molecule has 0 spiro atoms. The molecule has 0 saturated carbocycles. The van der Waals surface area contributed by atoms with Gasteiger partial charge < -0.3 is 19.3 Å². The summed E-state index contributed by atoms with van der Waals surface area (Å²) >= 11 is 0. The van der Waals surface area contributed by atoms with Gasteiger partial charge >= 0.3 is 5.97 Å². The lowest BCUT2D eigenvalue weighted by Gasteiger charge is -2.24. The van der Waals surface area contributed by atoms with Crippen LogP contribution in [0.1, 0.15) is 34.1 Å². The lowest BCUT2D eigenvalue weighted by molar-refractivity contribution is -0.148. The Bertz CT molecular complexity index is 577. The second-order valence-corrected chi connectivity index (χ2v) is 7.52. The van der Waals surface area contributed by atoms with Crippen LogP contribution >= 0.6 is 8.96 Å². The van der Waals surface area contributed by atoms with Crippen LogP contribution in [0.3, 0.4) is 0 Å². The van der Waals surface area contributed by atoms with E-state index in [0.29, 0.717) is 12.8 Å². The second-order valence-electron chi connectivity index (χ2n) is 6.74. The van der Waals surface area contributed by atoms with E-state index in [1.807, 2.05) is 6.92 Å². The lowest BCUT2D eigenvalue weighted by atomic mass is 10.1. The molecule has 11 heteroatoms. The highest BCUT2D eigenvalue weighted by molar-refractivity contribution is 7.29. The Hall–Kier alpha value is -1.61. The minimum absolute atomic E-state index is 0.0798. The van der Waals surface area contributed by atoms with Crippen molar-refractivity contribution in [3.05, 3.63) is 12.0 Å². The van der Waals surface area contributed by atoms with Crippen molar-refractivity contribution in [2.75, 3.05) is 13.7 Å². The molecule has 5 unspecified atom stereocenters. The SMILES string of the molecule is CNC(=O)/C(F)=C\N(C=O)C1OC(COPNC(C)C(=O)OC(C)C)CC1C. The van der Waals surface area contributed by atoms with Crippen LogP contribution in [0.15, 0.2) is 12.0 Å². The Kier molecular flexibility index (Phi) is 10.5. The van der Waals surface area contributed by atoms with Crippen molar-refractivity contribution in [3.63, 3.8) is 0 Å². The zero-order valence-corrected chi connectivity index (χ0v) is 17.7. The van der Waals surface area contributed by atoms with Crippen molar-refractivity contribution in [3.8, 4) is 0 Å². The predicted octanol–water partition coefficient (Wildman–Crippen LogP) is 1.21. The number of rotatable bonds is 11. The number of halogens is 1. The standard InChI is InChI=1S/C17H29FN3O6P/c1-10(2)26-17(24)12(4)20-28-25-8-13-6-11(3)16(27-13)21(9-22)7-14(18)15(23)19-5/h7,9-13,16,20,28H,6,8H2,1-5H3,(H,19,23)/b14-7+. The van der Waals surface area contributed by atoms with E-state index in [9.17, 15) is 18.8 Å². The average molecular weight is 421 g/mol. The molecule has 9 nitrogen and oxygen atoms in total. The third-order valence-electron chi connectivity index (χ3n) is 3.90. The van der Waals surface area contributed by atoms with Gasteiger partial charge in [-0.25, -0.2) is 0 Å². The molecule has 1 heterocycles. The Balaban J connectivity index is 2.45. The zero-order chi connectivity index (χ0) is 21.3. The molecule has 0 aromatic rings. The van der Waals surface area contributed by atoms with Gasteiger partial charge in [0.25, 0.3) is 5.91 Å². The first-order valence-corrected chi connectivity index (χ1v) is 9.90. The molecule has 0 radical (unpaired) electrons. The summed E-state index contributed by atoms with van der Waals surface area (Å²) in [6, 6.07) is -0.500. The number of carbonyl (C=O) groups is 3. The van der Waals surface area contributed by atoms with E-state index >= 15 is 0 Å². The van der Waals surface area contributed by atoms with E-state index in [1.165, 1.54) is 7.05 Å². The molecule has 2 N–H and O–H groups in total. The van der Waals surface area contributed by atoms with Gasteiger partial charge in [0, 0.05) is 13.0 Å². The van der Waals surface area contributed by atoms with E-state index in [4.69, 9.17) is 14.0 Å². The Morgan fingerprint density at radius 1 is 1.39 bits per heavy atom. The van der Waals surface area contributed by atoms with Crippen LogP contribution in [-0.2, 0) is 28.4 Å². The summed E-state index contributed by atoms with van der Waals surface area (Å²) in [6.07, 6.45) is 0.651. The zero-order valence-electron chi connectivity index (χ0n) is 16.7. The normalized spacial score (nSPS) is 23.8. The molecule has 1 saturated heterocycles. The quantitative estimate of drug-likeness (QED) is 0.170. The molecule has 28 heavy (non-hydrogen) atoms. The summed E-state index contributed by atoms with van der Waals surface area (Å²) in [4.78, 5) is 35.2. The first-order chi connectivity index (χ1) is 13.2. The Morgan fingerprint density at radius 2 is 2.07 bits per heavy atom. The average Bonchev–Trinajstić information content (AvgIpc) is 3.01. The first kappa shape index (κ1) is 24.4. The summed E-state index contributed by atoms with van der Waals surface area (Å²) in [5, 5.41) is 5.06. The molecule has 0 bridgehead atoms. The molecule has 1 aliphatic rings. The summed E-state index contributed by atoms with van der Waals surface area (Å²) in [5.41, 5.74) is 0. The second kappa shape index (κ2) is 12.1. The Labute approximate surface area is 166 Å². The van der Waals surface area contributed by atoms with E-state index in [-0.39, 0.29) is 39.7 Å². The first-order valence-electron chi connectivity index (χ1n) is 9.00. The van der Waals surface area contributed by atoms with Gasteiger partial charge in [0.2, 0.25) is 12.2 Å². The molecule has 2 amide bonds. The van der Waals surface area contributed by atoms with Crippen LogP contribution in [-0.4, -0.2) is 61.3 Å². The highest BCUT2D eigenvalue weighted by Crippen LogP contribution is 2.29. The van der Waals surface area contributed by atoms with Gasteiger partial charge in [-0.2, -0.15) is 4.39 Å². The molecule has 160 valence electrons. The van der Waals surface area contributed by atoms with Crippen molar-refractivity contribution in [1.29, 1.82) is 0 Å². The maximum atomic E-state index is 13.7. The number of hydrogen-bond acceptors (Lipinski definition) is 7. The predicted molar refractivity (Wildman–Crippen MR) is 102 cm³/mol. The molecule has 0 aromatic carbocycles. The molecule has 5 atom stereocenters. The fourth-order valence-corrected chi connectivity index (χ4v) is 3.17. The number of nitrogens with one attached hydrogen (secondary N) is 2. The van der Waals surface area contributed by atoms with Crippen molar-refractivity contribution >= 4 is 27.2 Å². The number of amides is 2. The third-order valence-corrected chi connectivity index (χ3v) is 4.76. The van der Waals surface area contributed by atoms with E-state index in [2.05, 4.69) is 10.4 Å². The maximum Gasteiger partial charge on any atom is 0.323 e. The molecular weight excluding hydrogens is 392 g/mol. The highest BCUT2D eigenvalue weighted by atomic mass is 31.1. The van der Waals surface area contributed by atoms with Gasteiger partial charge in [-0.05, 0) is 27.2 Å². The minimum Gasteiger partial charge on any atom is -0.462 e. The van der Waals surface area contributed by atoms with Gasteiger partial charge in [0.05, 0.1) is 34.0 Å². The summed E-state index contributed by atoms with van der Waals surface area (Å²) in [5.74, 6) is -2.44. The van der Waals surface area contributed by atoms with Crippen LogP contribution in [0.2, 0.25) is 0 Å². The fraction of sp³-hybridized carbons (Fsp3) is 0.706. The fourth-order valence-electron chi connectivity index (χ4n) is 2.52. The van der Waals surface area contributed by atoms with Crippen molar-refractivity contribution in [2.45, 2.75) is 58.6 Å². The van der Waals surface area contributed by atoms with Gasteiger partial charge in [-0.1, -0.05) is 6.92 Å². The topological polar surface area (TPSA) is 106 Å². The number of nitrogens with zero attached hydrogens (tertiary/aromatic N) is 1. The smallest absolute Gasteiger partial charge is 0.323 e. The van der Waals surface area contributed by atoms with Crippen molar-refractivity contribution in [2.24, 2.45) is 5.92 Å².